The van der Waals surface area contributed by atoms with Crippen molar-refractivity contribution in [3.63, 3.8) is 0 Å². The third kappa shape index (κ3) is 4.53. The van der Waals surface area contributed by atoms with Crippen molar-refractivity contribution in [2.45, 2.75) is 76.9 Å². The number of nitrogens with one attached hydrogen (secondary N) is 1. The third-order valence-corrected chi connectivity index (χ3v) is 7.34. The van der Waals surface area contributed by atoms with E-state index in [1.165, 1.54) is 56.2 Å². The average Bonchev–Trinajstić information content (AvgIpc) is 3.29. The zero-order valence-corrected chi connectivity index (χ0v) is 20.2. The number of carbonyl (C=O) groups excluding carboxylic acids is 1. The number of thiocarbonyl (C=S) groups is 1. The quantitative estimate of drug-likeness (QED) is 0.473. The summed E-state index contributed by atoms with van der Waals surface area (Å²) in [5.74, 6) is -0.184. The highest BCUT2D eigenvalue weighted by Gasteiger charge is 2.41. The Bertz CT molecular complexity index is 952. The third-order valence-electron chi connectivity index (χ3n) is 6.99. The van der Waals surface area contributed by atoms with Gasteiger partial charge in [-0.2, -0.15) is 0 Å². The molecule has 2 aliphatic rings. The van der Waals surface area contributed by atoms with E-state index >= 15 is 0 Å². The second-order valence-corrected chi connectivity index (χ2v) is 9.37. The van der Waals surface area contributed by atoms with Gasteiger partial charge >= 0.3 is 5.97 Å². The average molecular weight is 455 g/mol. The van der Waals surface area contributed by atoms with Crippen LogP contribution >= 0.6 is 12.2 Å². The van der Waals surface area contributed by atoms with Crippen molar-refractivity contribution < 1.29 is 9.53 Å². The van der Waals surface area contributed by atoms with Crippen LogP contribution in [0.25, 0.3) is 0 Å². The Labute approximate surface area is 196 Å². The lowest BCUT2D eigenvalue weighted by Gasteiger charge is -2.29. The van der Waals surface area contributed by atoms with Crippen LogP contribution in [0.15, 0.2) is 30.5 Å². The molecule has 7 heteroatoms. The minimum absolute atomic E-state index is 0.0258. The maximum atomic E-state index is 11.7. The predicted molar refractivity (Wildman–Crippen MR) is 129 cm³/mol. The van der Waals surface area contributed by atoms with Gasteiger partial charge < -0.3 is 19.5 Å². The standard InChI is InChI=1S/C25H34N4O2S/c1-17-16-20(18(2)29(17)19-10-5-4-6-11-19)24-23(21-12-7-8-14-26-21)27-25(32)28(24)15-9-13-22(30)31-3/h7-8,12,14,16,19,23-24H,4-6,9-11,13,15H2,1-3H3,(H,27,32)/t23-,24-/m0/s1. The number of esters is 1. The van der Waals surface area contributed by atoms with Gasteiger partial charge in [-0.1, -0.05) is 25.3 Å². The largest absolute Gasteiger partial charge is 0.469 e. The molecule has 1 aliphatic carbocycles. The monoisotopic (exact) mass is 454 g/mol. The number of aromatic nitrogens is 2. The molecule has 0 bridgehead atoms. The molecule has 32 heavy (non-hydrogen) atoms. The Kier molecular flexibility index (Phi) is 7.13. The zero-order valence-electron chi connectivity index (χ0n) is 19.3. The Morgan fingerprint density at radius 3 is 2.72 bits per heavy atom. The number of pyridine rings is 1. The van der Waals surface area contributed by atoms with E-state index < -0.39 is 0 Å². The highest BCUT2D eigenvalue weighted by molar-refractivity contribution is 7.80. The summed E-state index contributed by atoms with van der Waals surface area (Å²) < 4.78 is 7.38. The van der Waals surface area contributed by atoms with Crippen molar-refractivity contribution in [2.75, 3.05) is 13.7 Å². The van der Waals surface area contributed by atoms with Gasteiger partial charge in [0.25, 0.3) is 0 Å². The molecule has 2 aromatic heterocycles. The fourth-order valence-corrected chi connectivity index (χ4v) is 5.82. The molecule has 0 spiro atoms. The molecule has 0 unspecified atom stereocenters. The first-order chi connectivity index (χ1) is 15.5. The van der Waals surface area contributed by atoms with Gasteiger partial charge in [0.1, 0.15) is 0 Å². The number of hydrogen-bond acceptors (Lipinski definition) is 4. The van der Waals surface area contributed by atoms with E-state index in [4.69, 9.17) is 17.0 Å². The van der Waals surface area contributed by atoms with Gasteiger partial charge in [0.05, 0.1) is 24.9 Å². The topological polar surface area (TPSA) is 59.4 Å². The summed E-state index contributed by atoms with van der Waals surface area (Å²) in [7, 11) is 1.43. The lowest BCUT2D eigenvalue weighted by molar-refractivity contribution is -0.140. The van der Waals surface area contributed by atoms with Crippen LogP contribution in [0, 0.1) is 13.8 Å². The summed E-state index contributed by atoms with van der Waals surface area (Å²) >= 11 is 5.77. The fourth-order valence-electron chi connectivity index (χ4n) is 5.48. The summed E-state index contributed by atoms with van der Waals surface area (Å²) in [5.41, 5.74) is 4.92. The highest BCUT2D eigenvalue weighted by Crippen LogP contribution is 2.42. The van der Waals surface area contributed by atoms with E-state index in [0.29, 0.717) is 25.4 Å². The molecule has 4 rings (SSSR count). The van der Waals surface area contributed by atoms with Crippen molar-refractivity contribution in [3.8, 4) is 0 Å². The van der Waals surface area contributed by atoms with Gasteiger partial charge in [-0.3, -0.25) is 9.78 Å². The molecule has 172 valence electrons. The minimum atomic E-state index is -0.184. The second-order valence-electron chi connectivity index (χ2n) is 8.99. The van der Waals surface area contributed by atoms with Gasteiger partial charge in [0.15, 0.2) is 5.11 Å². The lowest BCUT2D eigenvalue weighted by atomic mass is 9.94. The molecule has 1 aliphatic heterocycles. The Balaban J connectivity index is 1.68. The van der Waals surface area contributed by atoms with E-state index in [2.05, 4.69) is 45.7 Å². The van der Waals surface area contributed by atoms with Crippen LogP contribution in [-0.4, -0.2) is 39.2 Å². The van der Waals surface area contributed by atoms with E-state index in [9.17, 15) is 4.79 Å². The smallest absolute Gasteiger partial charge is 0.305 e. The number of rotatable bonds is 7. The maximum Gasteiger partial charge on any atom is 0.305 e. The van der Waals surface area contributed by atoms with Crippen LogP contribution in [0.3, 0.4) is 0 Å². The number of aryl methyl sites for hydroxylation is 1. The predicted octanol–water partition coefficient (Wildman–Crippen LogP) is 4.93. The summed E-state index contributed by atoms with van der Waals surface area (Å²) in [5, 5.41) is 4.25. The number of nitrogens with zero attached hydrogens (tertiary/aromatic N) is 3. The van der Waals surface area contributed by atoms with Gasteiger partial charge in [-0.05, 0) is 69.1 Å². The number of ether oxygens (including phenoxy) is 1. The van der Waals surface area contributed by atoms with Gasteiger partial charge in [0.2, 0.25) is 0 Å². The molecule has 6 nitrogen and oxygen atoms in total. The molecule has 0 aromatic carbocycles. The number of carbonyl (C=O) groups is 1. The lowest BCUT2D eigenvalue weighted by Crippen LogP contribution is -2.31. The first-order valence-corrected chi connectivity index (χ1v) is 12.1. The SMILES string of the molecule is COC(=O)CCCN1C(=S)N[C@@H](c2ccccn2)[C@@H]1c1cc(C)n(C2CCCCC2)c1C. The van der Waals surface area contributed by atoms with Crippen molar-refractivity contribution >= 4 is 23.3 Å². The van der Waals surface area contributed by atoms with Crippen LogP contribution in [0.5, 0.6) is 0 Å². The van der Waals surface area contributed by atoms with Crippen LogP contribution < -0.4 is 5.32 Å². The van der Waals surface area contributed by atoms with E-state index in [0.717, 1.165) is 10.8 Å². The molecule has 2 fully saturated rings. The Hall–Kier alpha value is -2.41. The van der Waals surface area contributed by atoms with Crippen molar-refractivity contribution in [3.05, 3.63) is 53.1 Å². The van der Waals surface area contributed by atoms with Crippen LogP contribution in [-0.2, 0) is 9.53 Å². The molecule has 0 amide bonds. The van der Waals surface area contributed by atoms with Gasteiger partial charge in [-0.15, -0.1) is 0 Å². The van der Waals surface area contributed by atoms with E-state index in [1.54, 1.807) is 0 Å². The van der Waals surface area contributed by atoms with Crippen molar-refractivity contribution in [1.29, 1.82) is 0 Å². The summed E-state index contributed by atoms with van der Waals surface area (Å²) in [4.78, 5) is 18.6. The highest BCUT2D eigenvalue weighted by atomic mass is 32.1. The van der Waals surface area contributed by atoms with Crippen molar-refractivity contribution in [2.24, 2.45) is 0 Å². The van der Waals surface area contributed by atoms with E-state index in [-0.39, 0.29) is 18.1 Å². The molecule has 1 saturated heterocycles. The number of methoxy groups -OCH3 is 1. The molecular weight excluding hydrogens is 420 g/mol. The molecule has 0 radical (unpaired) electrons. The van der Waals surface area contributed by atoms with Crippen LogP contribution in [0.4, 0.5) is 0 Å². The maximum absolute atomic E-state index is 11.7. The summed E-state index contributed by atoms with van der Waals surface area (Å²) in [6.45, 7) is 5.17. The van der Waals surface area contributed by atoms with Crippen molar-refractivity contribution in [1.82, 2.24) is 19.8 Å². The zero-order chi connectivity index (χ0) is 22.7. The normalized spacial score (nSPS) is 21.6. The molecular formula is C25H34N4O2S. The Morgan fingerprint density at radius 1 is 1.25 bits per heavy atom. The summed E-state index contributed by atoms with van der Waals surface area (Å²) in [6, 6.07) is 8.96. The first-order valence-electron chi connectivity index (χ1n) is 11.7. The molecule has 1 N–H and O–H groups in total. The number of hydrogen-bond donors (Lipinski definition) is 1. The Morgan fingerprint density at radius 2 is 2.03 bits per heavy atom. The molecule has 3 heterocycles. The molecule has 1 saturated carbocycles. The molecule has 2 aromatic rings. The van der Waals surface area contributed by atoms with Crippen LogP contribution in [0.1, 0.15) is 85.7 Å². The minimum Gasteiger partial charge on any atom is -0.469 e. The van der Waals surface area contributed by atoms with E-state index in [1.807, 2.05) is 18.3 Å². The van der Waals surface area contributed by atoms with Crippen LogP contribution in [0.2, 0.25) is 0 Å². The first kappa shape index (κ1) is 22.8. The fraction of sp³-hybridized carbons (Fsp3) is 0.560. The molecule has 2 atom stereocenters. The van der Waals surface area contributed by atoms with Gasteiger partial charge in [-0.25, -0.2) is 0 Å². The second kappa shape index (κ2) is 10.0. The van der Waals surface area contributed by atoms with Gasteiger partial charge in [0, 0.05) is 36.6 Å². The summed E-state index contributed by atoms with van der Waals surface area (Å²) in [6.07, 6.45) is 9.39.